The van der Waals surface area contributed by atoms with Crippen LogP contribution in [0.1, 0.15) is 10.4 Å². The van der Waals surface area contributed by atoms with Crippen molar-refractivity contribution in [1.82, 2.24) is 9.55 Å². The molecule has 0 aliphatic rings. The summed E-state index contributed by atoms with van der Waals surface area (Å²) < 4.78 is 12.6. The van der Waals surface area contributed by atoms with Gasteiger partial charge < -0.3 is 19.4 Å². The van der Waals surface area contributed by atoms with E-state index < -0.39 is 0 Å². The van der Waals surface area contributed by atoms with Gasteiger partial charge in [0.2, 0.25) is 0 Å². The maximum atomic E-state index is 12.7. The van der Waals surface area contributed by atoms with Crippen LogP contribution in [0.25, 0.3) is 22.4 Å². The van der Waals surface area contributed by atoms with Crippen LogP contribution in [-0.4, -0.2) is 29.7 Å². The van der Waals surface area contributed by atoms with E-state index in [9.17, 15) is 4.79 Å². The molecule has 0 aliphatic carbocycles. The molecule has 0 bridgehead atoms. The maximum absolute atomic E-state index is 12.7. The van der Waals surface area contributed by atoms with Gasteiger partial charge in [0.25, 0.3) is 5.91 Å². The zero-order valence-electron chi connectivity index (χ0n) is 16.5. The Morgan fingerprint density at radius 3 is 2.41 bits per heavy atom. The summed E-state index contributed by atoms with van der Waals surface area (Å²) in [6.45, 7) is 0. The van der Waals surface area contributed by atoms with Crippen molar-refractivity contribution >= 4 is 22.6 Å². The number of benzene rings is 3. The predicted octanol–water partition coefficient (Wildman–Crippen LogP) is 4.51. The third kappa shape index (κ3) is 3.52. The lowest BCUT2D eigenvalue weighted by molar-refractivity contribution is 0.102. The Labute approximate surface area is 168 Å². The summed E-state index contributed by atoms with van der Waals surface area (Å²) in [5, 5.41) is 2.90. The van der Waals surface area contributed by atoms with Gasteiger partial charge in [-0.1, -0.05) is 12.1 Å². The number of carbonyl (C=O) groups is 1. The van der Waals surface area contributed by atoms with Crippen molar-refractivity contribution in [2.24, 2.45) is 7.05 Å². The number of ether oxygens (including phenoxy) is 2. The Morgan fingerprint density at radius 1 is 0.966 bits per heavy atom. The number of fused-ring (bicyclic) bond motifs is 1. The second-order valence-corrected chi connectivity index (χ2v) is 6.58. The molecule has 0 fully saturated rings. The Bertz CT molecular complexity index is 1180. The van der Waals surface area contributed by atoms with Gasteiger partial charge in [-0.05, 0) is 48.5 Å². The number of methoxy groups -OCH3 is 2. The third-order valence-electron chi connectivity index (χ3n) is 4.84. The Kier molecular flexibility index (Phi) is 4.91. The van der Waals surface area contributed by atoms with Crippen molar-refractivity contribution in [3.05, 3.63) is 72.3 Å². The molecule has 6 heteroatoms. The van der Waals surface area contributed by atoms with E-state index in [4.69, 9.17) is 14.5 Å². The summed E-state index contributed by atoms with van der Waals surface area (Å²) in [5.41, 5.74) is 4.13. The fourth-order valence-corrected chi connectivity index (χ4v) is 3.29. The SMILES string of the molecule is COc1ccc(C(=O)Nc2ccc(-c3nc4ccccc4n3C)cc2)c(OC)c1. The highest BCUT2D eigenvalue weighted by atomic mass is 16.5. The van der Waals surface area contributed by atoms with Gasteiger partial charge in [-0.15, -0.1) is 0 Å². The summed E-state index contributed by atoms with van der Waals surface area (Å²) in [7, 11) is 5.09. The van der Waals surface area contributed by atoms with Gasteiger partial charge >= 0.3 is 0 Å². The molecule has 1 aromatic heterocycles. The van der Waals surface area contributed by atoms with E-state index in [2.05, 4.69) is 9.88 Å². The van der Waals surface area contributed by atoms with Gasteiger partial charge in [-0.25, -0.2) is 4.98 Å². The number of nitrogens with zero attached hydrogens (tertiary/aromatic N) is 2. The van der Waals surface area contributed by atoms with Gasteiger partial charge in [0.05, 0.1) is 30.8 Å². The molecule has 1 amide bonds. The standard InChI is InChI=1S/C23H21N3O3/c1-26-20-7-5-4-6-19(20)25-22(26)15-8-10-16(11-9-15)24-23(27)18-13-12-17(28-2)14-21(18)29-3/h4-14H,1-3H3,(H,24,27). The zero-order chi connectivity index (χ0) is 20.4. The number of rotatable bonds is 5. The lowest BCUT2D eigenvalue weighted by atomic mass is 10.1. The second-order valence-electron chi connectivity index (χ2n) is 6.58. The highest BCUT2D eigenvalue weighted by Crippen LogP contribution is 2.27. The van der Waals surface area contributed by atoms with Crippen molar-refractivity contribution in [1.29, 1.82) is 0 Å². The lowest BCUT2D eigenvalue weighted by Crippen LogP contribution is -2.13. The number of anilines is 1. The minimum Gasteiger partial charge on any atom is -0.497 e. The monoisotopic (exact) mass is 387 g/mol. The van der Waals surface area contributed by atoms with Crippen molar-refractivity contribution in [3.8, 4) is 22.9 Å². The zero-order valence-corrected chi connectivity index (χ0v) is 16.5. The number of imidazole rings is 1. The number of hydrogen-bond acceptors (Lipinski definition) is 4. The van der Waals surface area contributed by atoms with Crippen LogP contribution in [0, 0.1) is 0 Å². The highest BCUT2D eigenvalue weighted by Gasteiger charge is 2.14. The van der Waals surface area contributed by atoms with E-state index >= 15 is 0 Å². The summed E-state index contributed by atoms with van der Waals surface area (Å²) in [6, 6.07) is 20.7. The average molecular weight is 387 g/mol. The van der Waals surface area contributed by atoms with Crippen molar-refractivity contribution in [3.63, 3.8) is 0 Å². The third-order valence-corrected chi connectivity index (χ3v) is 4.84. The van der Waals surface area contributed by atoms with Gasteiger partial charge in [-0.2, -0.15) is 0 Å². The Hall–Kier alpha value is -3.80. The van der Waals surface area contributed by atoms with Gasteiger partial charge in [0.1, 0.15) is 17.3 Å². The van der Waals surface area contributed by atoms with Crippen LogP contribution in [0.3, 0.4) is 0 Å². The summed E-state index contributed by atoms with van der Waals surface area (Å²) in [6.07, 6.45) is 0. The number of aryl methyl sites for hydroxylation is 1. The first kappa shape index (κ1) is 18.6. The molecule has 29 heavy (non-hydrogen) atoms. The summed E-state index contributed by atoms with van der Waals surface area (Å²) in [4.78, 5) is 17.4. The number of amides is 1. The number of para-hydroxylation sites is 2. The molecule has 0 unspecified atom stereocenters. The Morgan fingerprint density at radius 2 is 1.72 bits per heavy atom. The molecule has 0 saturated carbocycles. The highest BCUT2D eigenvalue weighted by molar-refractivity contribution is 6.06. The fraction of sp³-hybridized carbons (Fsp3) is 0.130. The number of aromatic nitrogens is 2. The molecule has 4 aromatic rings. The molecule has 1 N–H and O–H groups in total. The smallest absolute Gasteiger partial charge is 0.259 e. The topological polar surface area (TPSA) is 65.4 Å². The number of nitrogens with one attached hydrogen (secondary N) is 1. The molecule has 0 spiro atoms. The first-order chi connectivity index (χ1) is 14.1. The van der Waals surface area contributed by atoms with Crippen molar-refractivity contribution < 1.29 is 14.3 Å². The lowest BCUT2D eigenvalue weighted by Gasteiger charge is -2.11. The summed E-state index contributed by atoms with van der Waals surface area (Å²) in [5.74, 6) is 1.71. The van der Waals surface area contributed by atoms with Crippen LogP contribution in [-0.2, 0) is 7.05 Å². The first-order valence-corrected chi connectivity index (χ1v) is 9.16. The minimum absolute atomic E-state index is 0.250. The van der Waals surface area contributed by atoms with Crippen LogP contribution in [0.5, 0.6) is 11.5 Å². The largest absolute Gasteiger partial charge is 0.497 e. The van der Waals surface area contributed by atoms with E-state index in [1.54, 1.807) is 25.3 Å². The van der Waals surface area contributed by atoms with Crippen molar-refractivity contribution in [2.45, 2.75) is 0 Å². The van der Waals surface area contributed by atoms with Crippen LogP contribution in [0.4, 0.5) is 5.69 Å². The van der Waals surface area contributed by atoms with E-state index in [1.165, 1.54) is 7.11 Å². The number of carbonyl (C=O) groups excluding carboxylic acids is 1. The van der Waals surface area contributed by atoms with Crippen LogP contribution >= 0.6 is 0 Å². The van der Waals surface area contributed by atoms with Gasteiger partial charge in [0.15, 0.2) is 0 Å². The van der Waals surface area contributed by atoms with Gasteiger partial charge in [-0.3, -0.25) is 4.79 Å². The molecule has 6 nitrogen and oxygen atoms in total. The molecular weight excluding hydrogens is 366 g/mol. The first-order valence-electron chi connectivity index (χ1n) is 9.16. The van der Waals surface area contributed by atoms with Crippen LogP contribution < -0.4 is 14.8 Å². The molecule has 0 atom stereocenters. The normalized spacial score (nSPS) is 10.7. The maximum Gasteiger partial charge on any atom is 0.259 e. The number of hydrogen-bond donors (Lipinski definition) is 1. The molecule has 0 radical (unpaired) electrons. The second kappa shape index (κ2) is 7.67. The van der Waals surface area contributed by atoms with E-state index in [1.807, 2.05) is 55.6 Å². The predicted molar refractivity (Wildman–Crippen MR) is 114 cm³/mol. The minimum atomic E-state index is -0.250. The molecular formula is C23H21N3O3. The average Bonchev–Trinajstić information content (AvgIpc) is 3.10. The van der Waals surface area contributed by atoms with Crippen LogP contribution in [0.15, 0.2) is 66.7 Å². The van der Waals surface area contributed by atoms with E-state index in [0.717, 1.165) is 22.4 Å². The summed E-state index contributed by atoms with van der Waals surface area (Å²) >= 11 is 0. The van der Waals surface area contributed by atoms with E-state index in [0.29, 0.717) is 22.7 Å². The van der Waals surface area contributed by atoms with E-state index in [-0.39, 0.29) is 5.91 Å². The van der Waals surface area contributed by atoms with Crippen molar-refractivity contribution in [2.75, 3.05) is 19.5 Å². The quantitative estimate of drug-likeness (QED) is 0.547. The fourth-order valence-electron chi connectivity index (χ4n) is 3.29. The molecule has 0 saturated heterocycles. The molecule has 0 aliphatic heterocycles. The molecule has 4 rings (SSSR count). The molecule has 1 heterocycles. The van der Waals surface area contributed by atoms with Gasteiger partial charge in [0, 0.05) is 24.4 Å². The Balaban J connectivity index is 1.57. The molecule has 146 valence electrons. The molecule has 3 aromatic carbocycles. The van der Waals surface area contributed by atoms with Crippen LogP contribution in [0.2, 0.25) is 0 Å².